The zero-order valence-corrected chi connectivity index (χ0v) is 22.3. The third-order valence-corrected chi connectivity index (χ3v) is 7.97. The maximum atomic E-state index is 13.3. The lowest BCUT2D eigenvalue weighted by atomic mass is 10.1. The van der Waals surface area contributed by atoms with Gasteiger partial charge in [0, 0.05) is 30.4 Å². The van der Waals surface area contributed by atoms with Crippen LogP contribution < -0.4 is 10.3 Å². The highest BCUT2D eigenvalue weighted by Gasteiger charge is 2.54. The largest absolute Gasteiger partial charge is 0.354 e. The minimum absolute atomic E-state index is 0.0323. The Morgan fingerprint density at radius 2 is 1.94 bits per heavy atom. The van der Waals surface area contributed by atoms with Crippen molar-refractivity contribution in [3.8, 4) is 0 Å². The van der Waals surface area contributed by atoms with Crippen molar-refractivity contribution in [2.75, 3.05) is 29.7 Å². The second-order valence-corrected chi connectivity index (χ2v) is 11.2. The number of alkyl halides is 1. The summed E-state index contributed by atoms with van der Waals surface area (Å²) in [5.41, 5.74) is 0.384. The van der Waals surface area contributed by atoms with Gasteiger partial charge in [0.25, 0.3) is 10.1 Å². The highest BCUT2D eigenvalue weighted by molar-refractivity contribution is 7.86. The molecule has 1 aromatic rings. The molecule has 35 heavy (non-hydrogen) atoms. The molecule has 14 heteroatoms. The van der Waals surface area contributed by atoms with Crippen molar-refractivity contribution in [2.45, 2.75) is 51.2 Å². The van der Waals surface area contributed by atoms with Gasteiger partial charge in [-0.1, -0.05) is 30.1 Å². The van der Waals surface area contributed by atoms with E-state index in [2.05, 4.69) is 5.32 Å². The SMILES string of the molecule is CCCNC(=O)C1C(=S=O)C(N2CCCCCC2=O)N(c2ccc(Cl)cc2)N1OS(=O)(=O)CCCl. The summed E-state index contributed by atoms with van der Waals surface area (Å²) in [5.74, 6) is -1.56. The molecule has 0 saturated carbocycles. The van der Waals surface area contributed by atoms with Gasteiger partial charge in [0.1, 0.15) is 0 Å². The first-order chi connectivity index (χ1) is 16.7. The van der Waals surface area contributed by atoms with E-state index in [9.17, 15) is 22.2 Å². The topological polar surface area (TPSA) is 116 Å². The van der Waals surface area contributed by atoms with Gasteiger partial charge in [0.15, 0.2) is 12.2 Å². The summed E-state index contributed by atoms with van der Waals surface area (Å²) >= 11 is 11.8. The van der Waals surface area contributed by atoms with E-state index in [4.69, 9.17) is 27.5 Å². The number of carbonyl (C=O) groups is 2. The number of rotatable bonds is 9. The molecule has 2 unspecified atom stereocenters. The van der Waals surface area contributed by atoms with Crippen molar-refractivity contribution >= 4 is 66.9 Å². The molecule has 194 valence electrons. The summed E-state index contributed by atoms with van der Waals surface area (Å²) in [6, 6.07) is 4.95. The van der Waals surface area contributed by atoms with Crippen LogP contribution in [0.2, 0.25) is 5.02 Å². The number of nitrogens with one attached hydrogen (secondary N) is 1. The molecular formula is C21H28Cl2N4O6S2. The van der Waals surface area contributed by atoms with Crippen molar-refractivity contribution in [1.29, 1.82) is 0 Å². The molecule has 2 amide bonds. The Morgan fingerprint density at radius 1 is 1.23 bits per heavy atom. The van der Waals surface area contributed by atoms with Gasteiger partial charge < -0.3 is 10.2 Å². The number of likely N-dealkylation sites (tertiary alicyclic amines) is 1. The molecule has 0 spiro atoms. The van der Waals surface area contributed by atoms with Gasteiger partial charge in [-0.2, -0.15) is 12.7 Å². The van der Waals surface area contributed by atoms with E-state index >= 15 is 0 Å². The van der Waals surface area contributed by atoms with Gasteiger partial charge in [0.2, 0.25) is 11.8 Å². The first-order valence-electron chi connectivity index (χ1n) is 11.3. The van der Waals surface area contributed by atoms with Crippen molar-refractivity contribution in [3.05, 3.63) is 29.3 Å². The lowest BCUT2D eigenvalue weighted by Crippen LogP contribution is -2.54. The quantitative estimate of drug-likeness (QED) is 0.355. The molecule has 2 fully saturated rings. The standard InChI is InChI=1S/C21H28Cl2N4O6S2/c1-2-12-24-20(29)18-19(34-30)21(25-13-5-3-4-6-17(25)28)26(16-9-7-15(23)8-10-16)27(18)33-35(31,32)14-11-22/h7-10,18,21H,2-6,11-14H2,1H3,(H,24,29). The molecule has 3 rings (SSSR count). The maximum Gasteiger partial charge on any atom is 0.286 e. The third-order valence-electron chi connectivity index (χ3n) is 5.60. The van der Waals surface area contributed by atoms with E-state index in [1.807, 2.05) is 6.92 Å². The summed E-state index contributed by atoms with van der Waals surface area (Å²) in [6.45, 7) is 2.51. The number of benzene rings is 1. The number of amides is 2. The normalized spacial score (nSPS) is 21.8. The third kappa shape index (κ3) is 6.55. The van der Waals surface area contributed by atoms with Gasteiger partial charge in [-0.15, -0.1) is 11.6 Å². The molecule has 2 aliphatic heterocycles. The van der Waals surface area contributed by atoms with Crippen LogP contribution >= 0.6 is 23.2 Å². The van der Waals surface area contributed by atoms with Crippen LogP contribution in [-0.2, 0) is 35.2 Å². The highest BCUT2D eigenvalue weighted by atomic mass is 35.5. The molecule has 0 aromatic heterocycles. The summed E-state index contributed by atoms with van der Waals surface area (Å²) in [4.78, 5) is 27.9. The Morgan fingerprint density at radius 3 is 2.57 bits per heavy atom. The van der Waals surface area contributed by atoms with Gasteiger partial charge >= 0.3 is 0 Å². The molecule has 1 N–H and O–H groups in total. The van der Waals surface area contributed by atoms with Crippen LogP contribution in [0.3, 0.4) is 0 Å². The van der Waals surface area contributed by atoms with Crippen molar-refractivity contribution < 1.29 is 26.5 Å². The number of hydrogen-bond acceptors (Lipinski definition) is 8. The van der Waals surface area contributed by atoms with Gasteiger partial charge in [-0.25, -0.2) is 4.21 Å². The molecule has 10 nitrogen and oxygen atoms in total. The summed E-state index contributed by atoms with van der Waals surface area (Å²) in [5, 5.41) is 5.37. The lowest BCUT2D eigenvalue weighted by Gasteiger charge is -2.37. The predicted octanol–water partition coefficient (Wildman–Crippen LogP) is 1.89. The smallest absolute Gasteiger partial charge is 0.286 e. The van der Waals surface area contributed by atoms with Crippen molar-refractivity contribution in [3.63, 3.8) is 0 Å². The van der Waals surface area contributed by atoms with E-state index in [-0.39, 0.29) is 34.3 Å². The van der Waals surface area contributed by atoms with E-state index in [1.165, 1.54) is 9.91 Å². The molecule has 0 radical (unpaired) electrons. The molecule has 0 bridgehead atoms. The monoisotopic (exact) mass is 566 g/mol. The van der Waals surface area contributed by atoms with Gasteiger partial charge in [-0.05, 0) is 43.5 Å². The van der Waals surface area contributed by atoms with Crippen LogP contribution in [0.25, 0.3) is 0 Å². The predicted molar refractivity (Wildman–Crippen MR) is 136 cm³/mol. The zero-order chi connectivity index (χ0) is 25.6. The summed E-state index contributed by atoms with van der Waals surface area (Å²) in [6.07, 6.45) is 2.09. The minimum Gasteiger partial charge on any atom is -0.354 e. The molecule has 2 atom stereocenters. The average molecular weight is 568 g/mol. The highest BCUT2D eigenvalue weighted by Crippen LogP contribution is 2.34. The Labute approximate surface area is 218 Å². The Hall–Kier alpha value is -1.70. The average Bonchev–Trinajstić information content (AvgIpc) is 2.96. The number of hydrazine groups is 1. The summed E-state index contributed by atoms with van der Waals surface area (Å²) < 4.78 is 43.3. The Kier molecular flexibility index (Phi) is 9.96. The minimum atomic E-state index is -4.24. The second-order valence-electron chi connectivity index (χ2n) is 8.10. The first kappa shape index (κ1) is 27.9. The van der Waals surface area contributed by atoms with E-state index < -0.39 is 34.0 Å². The molecule has 1 aromatic carbocycles. The van der Waals surface area contributed by atoms with E-state index in [0.717, 1.165) is 11.6 Å². The van der Waals surface area contributed by atoms with Crippen LogP contribution in [0, 0.1) is 0 Å². The summed E-state index contributed by atoms with van der Waals surface area (Å²) in [7, 11) is -4.24. The maximum absolute atomic E-state index is 13.3. The number of hydroxylamine groups is 1. The lowest BCUT2D eigenvalue weighted by molar-refractivity contribution is -0.138. The van der Waals surface area contributed by atoms with Crippen molar-refractivity contribution in [2.24, 2.45) is 0 Å². The molecule has 0 aliphatic carbocycles. The fourth-order valence-corrected chi connectivity index (χ4v) is 5.94. The zero-order valence-electron chi connectivity index (χ0n) is 19.2. The second kappa shape index (κ2) is 12.5. The van der Waals surface area contributed by atoms with Crippen LogP contribution in [0.1, 0.15) is 39.0 Å². The molecule has 2 aliphatic rings. The number of nitrogens with zero attached hydrogens (tertiary/aromatic N) is 3. The number of hydrogen-bond donors (Lipinski definition) is 1. The Balaban J connectivity index is 2.20. The van der Waals surface area contributed by atoms with Crippen LogP contribution in [0.4, 0.5) is 5.69 Å². The fourth-order valence-electron chi connectivity index (χ4n) is 3.99. The van der Waals surface area contributed by atoms with Crippen molar-refractivity contribution in [1.82, 2.24) is 15.4 Å². The first-order valence-corrected chi connectivity index (χ1v) is 14.5. The van der Waals surface area contributed by atoms with Gasteiger partial charge in [0.05, 0.1) is 27.6 Å². The van der Waals surface area contributed by atoms with E-state index in [1.54, 1.807) is 24.3 Å². The van der Waals surface area contributed by atoms with Gasteiger partial charge in [-0.3, -0.25) is 14.6 Å². The Bertz CT molecular complexity index is 1080. The number of carbonyl (C=O) groups excluding carboxylic acids is 2. The van der Waals surface area contributed by atoms with E-state index in [0.29, 0.717) is 43.1 Å². The fraction of sp³-hybridized carbons (Fsp3) is 0.571. The van der Waals surface area contributed by atoms with Crippen LogP contribution in [-0.4, -0.2) is 76.3 Å². The van der Waals surface area contributed by atoms with Crippen LogP contribution in [0.15, 0.2) is 24.3 Å². The number of halogens is 2. The molecule has 2 saturated heterocycles. The molecular weight excluding hydrogens is 539 g/mol. The van der Waals surface area contributed by atoms with Crippen LogP contribution in [0.5, 0.6) is 0 Å². The number of anilines is 1. The molecule has 2 heterocycles.